The van der Waals surface area contributed by atoms with Crippen molar-refractivity contribution in [3.63, 3.8) is 0 Å². The molecular formula is C7H10BFO2. The highest BCUT2D eigenvalue weighted by Gasteiger charge is 1.92. The summed E-state index contributed by atoms with van der Waals surface area (Å²) in [5, 5.41) is 0. The Morgan fingerprint density at radius 2 is 1.82 bits per heavy atom. The molecule has 1 aromatic rings. The molecule has 2 nitrogen and oxygen atoms in total. The highest BCUT2D eigenvalue weighted by atomic mass is 19.1. The topological polar surface area (TPSA) is 63.0 Å². The molecule has 0 fully saturated rings. The minimum atomic E-state index is -0.347. The molecule has 0 spiro atoms. The normalized spacial score (nSPS) is 7.82. The van der Waals surface area contributed by atoms with Gasteiger partial charge in [-0.1, -0.05) is 23.2 Å². The zero-order valence-electron chi connectivity index (χ0n) is 6.19. The van der Waals surface area contributed by atoms with Gasteiger partial charge >= 0.3 is 0 Å². The molecule has 1 aromatic carbocycles. The zero-order chi connectivity index (χ0) is 6.85. The van der Waals surface area contributed by atoms with Gasteiger partial charge in [0, 0.05) is 0 Å². The first-order valence-corrected chi connectivity index (χ1v) is 2.72. The fraction of sp³-hybridized carbons (Fsp3) is 0.143. The number of benzene rings is 1. The van der Waals surface area contributed by atoms with Crippen LogP contribution in [0.4, 0.5) is 4.39 Å². The first kappa shape index (κ1) is 12.8. The summed E-state index contributed by atoms with van der Waals surface area (Å²) in [6, 6.07) is 4.66. The third-order valence-corrected chi connectivity index (χ3v) is 1.15. The van der Waals surface area contributed by atoms with Gasteiger partial charge in [-0.15, -0.1) is 0 Å². The number of rotatable bonds is 0. The van der Waals surface area contributed by atoms with Crippen LogP contribution in [0.5, 0.6) is 0 Å². The molecule has 0 unspecified atom stereocenters. The van der Waals surface area contributed by atoms with Crippen LogP contribution in [0.3, 0.4) is 0 Å². The van der Waals surface area contributed by atoms with Crippen molar-refractivity contribution in [2.24, 2.45) is 0 Å². The number of aryl methyl sites for hydroxylation is 1. The van der Waals surface area contributed by atoms with Crippen LogP contribution in [-0.4, -0.2) is 18.8 Å². The lowest BCUT2D eigenvalue weighted by molar-refractivity contribution is 0.635. The molecule has 4 N–H and O–H groups in total. The van der Waals surface area contributed by atoms with Crippen LogP contribution >= 0.6 is 0 Å². The Labute approximate surface area is 66.1 Å². The SMILES string of the molecule is O.O.[B]c1cc(C)ccc1F. The standard InChI is InChI=1S/C7H6BF.2H2O/c1-5-2-3-7(9)6(8)4-5;;/h2-4H,1H3;2*1H2. The summed E-state index contributed by atoms with van der Waals surface area (Å²) in [6.45, 7) is 1.87. The minimum absolute atomic E-state index is 0. The van der Waals surface area contributed by atoms with Crippen LogP contribution in [0.2, 0.25) is 0 Å². The predicted octanol–water partition coefficient (Wildman–Crippen LogP) is -0.721. The van der Waals surface area contributed by atoms with Crippen LogP contribution in [0.1, 0.15) is 5.56 Å². The largest absolute Gasteiger partial charge is 0.412 e. The monoisotopic (exact) mass is 156 g/mol. The van der Waals surface area contributed by atoms with E-state index in [-0.39, 0.29) is 22.2 Å². The molecule has 0 aliphatic heterocycles. The van der Waals surface area contributed by atoms with Crippen LogP contribution in [0.25, 0.3) is 0 Å². The van der Waals surface area contributed by atoms with E-state index in [1.165, 1.54) is 6.07 Å². The lowest BCUT2D eigenvalue weighted by Crippen LogP contribution is -2.07. The second kappa shape index (κ2) is 4.88. The summed E-state index contributed by atoms with van der Waals surface area (Å²) >= 11 is 0. The second-order valence-corrected chi connectivity index (χ2v) is 2.02. The highest BCUT2D eigenvalue weighted by Crippen LogP contribution is 1.96. The van der Waals surface area contributed by atoms with E-state index in [1.807, 2.05) is 6.92 Å². The molecule has 60 valence electrons. The molecular weight excluding hydrogens is 146 g/mol. The van der Waals surface area contributed by atoms with Gasteiger partial charge in [0.25, 0.3) is 0 Å². The maximum absolute atomic E-state index is 12.4. The van der Waals surface area contributed by atoms with E-state index in [2.05, 4.69) is 0 Å². The van der Waals surface area contributed by atoms with E-state index in [0.29, 0.717) is 0 Å². The predicted molar refractivity (Wildman–Crippen MR) is 43.8 cm³/mol. The molecule has 0 heterocycles. The Balaban J connectivity index is 0. The second-order valence-electron chi connectivity index (χ2n) is 2.02. The quantitative estimate of drug-likeness (QED) is 0.445. The van der Waals surface area contributed by atoms with E-state index in [9.17, 15) is 4.39 Å². The number of hydrogen-bond donors (Lipinski definition) is 0. The summed E-state index contributed by atoms with van der Waals surface area (Å²) in [5.41, 5.74) is 1.20. The Hall–Kier alpha value is -0.865. The van der Waals surface area contributed by atoms with Crippen molar-refractivity contribution in [3.05, 3.63) is 29.6 Å². The van der Waals surface area contributed by atoms with E-state index >= 15 is 0 Å². The molecule has 0 atom stereocenters. The Morgan fingerprint density at radius 1 is 1.27 bits per heavy atom. The first-order valence-electron chi connectivity index (χ1n) is 2.72. The van der Waals surface area contributed by atoms with Crippen molar-refractivity contribution in [2.75, 3.05) is 0 Å². The maximum atomic E-state index is 12.4. The molecule has 4 heteroatoms. The lowest BCUT2D eigenvalue weighted by Gasteiger charge is -1.95. The minimum Gasteiger partial charge on any atom is -0.412 e. The van der Waals surface area contributed by atoms with Crippen molar-refractivity contribution in [2.45, 2.75) is 6.92 Å². The third kappa shape index (κ3) is 3.16. The van der Waals surface area contributed by atoms with Crippen molar-refractivity contribution < 1.29 is 15.3 Å². The van der Waals surface area contributed by atoms with Crippen LogP contribution < -0.4 is 5.46 Å². The number of hydrogen-bond acceptors (Lipinski definition) is 0. The first-order chi connectivity index (χ1) is 4.20. The van der Waals surface area contributed by atoms with Gasteiger partial charge in [0.1, 0.15) is 13.7 Å². The van der Waals surface area contributed by atoms with Gasteiger partial charge < -0.3 is 11.0 Å². The molecule has 2 radical (unpaired) electrons. The third-order valence-electron chi connectivity index (χ3n) is 1.15. The molecule has 1 rings (SSSR count). The fourth-order valence-corrected chi connectivity index (χ4v) is 0.663. The lowest BCUT2D eigenvalue weighted by atomic mass is 9.94. The van der Waals surface area contributed by atoms with Crippen molar-refractivity contribution in [3.8, 4) is 0 Å². The number of halogens is 1. The Kier molecular flexibility index (Phi) is 5.66. The molecule has 0 aliphatic carbocycles. The molecule has 0 saturated carbocycles. The molecule has 11 heavy (non-hydrogen) atoms. The molecule has 0 aliphatic rings. The summed E-state index contributed by atoms with van der Waals surface area (Å²) in [6.07, 6.45) is 0. The zero-order valence-corrected chi connectivity index (χ0v) is 6.19. The summed E-state index contributed by atoms with van der Waals surface area (Å²) < 4.78 is 12.4. The van der Waals surface area contributed by atoms with Gasteiger partial charge in [0.2, 0.25) is 0 Å². The van der Waals surface area contributed by atoms with Crippen LogP contribution in [0.15, 0.2) is 18.2 Å². The molecule has 0 bridgehead atoms. The maximum Gasteiger partial charge on any atom is 0.117 e. The summed E-state index contributed by atoms with van der Waals surface area (Å²) in [7, 11) is 5.25. The molecule has 0 saturated heterocycles. The van der Waals surface area contributed by atoms with Gasteiger partial charge in [-0.05, 0) is 13.0 Å². The van der Waals surface area contributed by atoms with Crippen molar-refractivity contribution >= 4 is 13.3 Å². The van der Waals surface area contributed by atoms with Crippen LogP contribution in [0, 0.1) is 12.7 Å². The molecule has 0 amide bonds. The average Bonchev–Trinajstić information content (AvgIpc) is 1.80. The van der Waals surface area contributed by atoms with Gasteiger partial charge in [-0.25, -0.2) is 4.39 Å². The van der Waals surface area contributed by atoms with Crippen LogP contribution in [-0.2, 0) is 0 Å². The van der Waals surface area contributed by atoms with E-state index < -0.39 is 0 Å². The Morgan fingerprint density at radius 3 is 2.18 bits per heavy atom. The molecule has 0 aromatic heterocycles. The smallest absolute Gasteiger partial charge is 0.117 e. The van der Waals surface area contributed by atoms with Gasteiger partial charge in [-0.2, -0.15) is 0 Å². The van der Waals surface area contributed by atoms with E-state index in [1.54, 1.807) is 12.1 Å². The van der Waals surface area contributed by atoms with E-state index in [4.69, 9.17) is 7.85 Å². The van der Waals surface area contributed by atoms with Crippen molar-refractivity contribution in [1.29, 1.82) is 0 Å². The van der Waals surface area contributed by atoms with Crippen molar-refractivity contribution in [1.82, 2.24) is 0 Å². The Bertz CT molecular complexity index is 228. The van der Waals surface area contributed by atoms with Gasteiger partial charge in [-0.3, -0.25) is 0 Å². The van der Waals surface area contributed by atoms with Gasteiger partial charge in [0.05, 0.1) is 0 Å². The summed E-state index contributed by atoms with van der Waals surface area (Å²) in [4.78, 5) is 0. The van der Waals surface area contributed by atoms with Gasteiger partial charge in [0.15, 0.2) is 0 Å². The van der Waals surface area contributed by atoms with E-state index in [0.717, 1.165) is 5.56 Å². The summed E-state index contributed by atoms with van der Waals surface area (Å²) in [5.74, 6) is -0.347. The highest BCUT2D eigenvalue weighted by molar-refractivity contribution is 6.32. The fourth-order valence-electron chi connectivity index (χ4n) is 0.663. The average molecular weight is 156 g/mol.